The Morgan fingerprint density at radius 2 is 2.08 bits per heavy atom. The second-order valence-corrected chi connectivity index (χ2v) is 8.60. The van der Waals surface area contributed by atoms with E-state index >= 15 is 0 Å². The van der Waals surface area contributed by atoms with Crippen molar-refractivity contribution in [1.29, 1.82) is 0 Å². The van der Waals surface area contributed by atoms with Gasteiger partial charge >= 0.3 is 0 Å². The summed E-state index contributed by atoms with van der Waals surface area (Å²) >= 11 is 3.35. The van der Waals surface area contributed by atoms with Gasteiger partial charge in [0, 0.05) is 30.2 Å². The molecule has 0 atom stereocenters. The molecule has 0 radical (unpaired) electrons. The van der Waals surface area contributed by atoms with Crippen LogP contribution in [0.3, 0.4) is 0 Å². The van der Waals surface area contributed by atoms with Gasteiger partial charge in [0.2, 0.25) is 15.9 Å². The Hall–Kier alpha value is -1.90. The van der Waals surface area contributed by atoms with E-state index < -0.39 is 10.0 Å². The first-order chi connectivity index (χ1) is 12.3. The lowest BCUT2D eigenvalue weighted by Gasteiger charge is -2.17. The zero-order valence-corrected chi connectivity index (χ0v) is 16.9. The second-order valence-electron chi connectivity index (χ2n) is 6.01. The minimum atomic E-state index is -3.76. The highest BCUT2D eigenvalue weighted by Crippen LogP contribution is 2.35. The Morgan fingerprint density at radius 3 is 2.77 bits per heavy atom. The van der Waals surface area contributed by atoms with E-state index in [9.17, 15) is 13.2 Å². The summed E-state index contributed by atoms with van der Waals surface area (Å²) in [6, 6.07) is 10.5. The zero-order chi connectivity index (χ0) is 18.9. The molecule has 0 aliphatic carbocycles. The van der Waals surface area contributed by atoms with E-state index in [0.717, 1.165) is 11.1 Å². The lowest BCUT2D eigenvalue weighted by Crippen LogP contribution is -2.27. The molecule has 0 fully saturated rings. The molecular formula is C18H19BrN2O4S. The van der Waals surface area contributed by atoms with Gasteiger partial charge in [0.1, 0.15) is 5.75 Å². The van der Waals surface area contributed by atoms with Crippen LogP contribution in [-0.2, 0) is 27.8 Å². The Balaban J connectivity index is 1.87. The largest absolute Gasteiger partial charge is 0.497 e. The van der Waals surface area contributed by atoms with Crippen LogP contribution in [0, 0.1) is 0 Å². The van der Waals surface area contributed by atoms with E-state index in [0.29, 0.717) is 28.9 Å². The number of carbonyl (C=O) groups is 1. The summed E-state index contributed by atoms with van der Waals surface area (Å²) in [5.41, 5.74) is 2.40. The summed E-state index contributed by atoms with van der Waals surface area (Å²) < 4.78 is 33.8. The summed E-state index contributed by atoms with van der Waals surface area (Å²) in [4.78, 5) is 13.5. The highest BCUT2D eigenvalue weighted by Gasteiger charge is 2.27. The van der Waals surface area contributed by atoms with Crippen LogP contribution in [0.4, 0.5) is 5.69 Å². The minimum Gasteiger partial charge on any atom is -0.497 e. The maximum Gasteiger partial charge on any atom is 0.242 e. The maximum absolute atomic E-state index is 12.8. The van der Waals surface area contributed by atoms with Gasteiger partial charge in [-0.1, -0.05) is 12.1 Å². The number of nitrogens with one attached hydrogen (secondary N) is 1. The third-order valence-electron chi connectivity index (χ3n) is 4.30. The third kappa shape index (κ3) is 3.77. The number of benzene rings is 2. The van der Waals surface area contributed by atoms with Crippen molar-refractivity contribution in [3.63, 3.8) is 0 Å². The average molecular weight is 439 g/mol. The van der Waals surface area contributed by atoms with Crippen molar-refractivity contribution in [2.24, 2.45) is 0 Å². The number of fused-ring (bicyclic) bond motifs is 1. The van der Waals surface area contributed by atoms with Crippen LogP contribution in [-0.4, -0.2) is 28.0 Å². The molecule has 6 nitrogen and oxygen atoms in total. The monoisotopic (exact) mass is 438 g/mol. The molecule has 1 N–H and O–H groups in total. The van der Waals surface area contributed by atoms with E-state index in [1.807, 2.05) is 6.07 Å². The van der Waals surface area contributed by atoms with Crippen LogP contribution >= 0.6 is 15.9 Å². The summed E-state index contributed by atoms with van der Waals surface area (Å²) in [7, 11) is -2.19. The molecule has 1 heterocycles. The van der Waals surface area contributed by atoms with Crippen molar-refractivity contribution < 1.29 is 17.9 Å². The number of methoxy groups -OCH3 is 1. The number of ether oxygens (including phenoxy) is 1. The first kappa shape index (κ1) is 18.9. The molecule has 0 saturated heterocycles. The lowest BCUT2D eigenvalue weighted by atomic mass is 10.2. The van der Waals surface area contributed by atoms with E-state index in [-0.39, 0.29) is 17.3 Å². The molecule has 3 rings (SSSR count). The molecule has 8 heteroatoms. The highest BCUT2D eigenvalue weighted by atomic mass is 79.9. The van der Waals surface area contributed by atoms with Gasteiger partial charge in [0.05, 0.1) is 12.0 Å². The van der Waals surface area contributed by atoms with Crippen LogP contribution < -0.4 is 14.4 Å². The smallest absolute Gasteiger partial charge is 0.242 e. The van der Waals surface area contributed by atoms with Gasteiger partial charge in [-0.3, -0.25) is 4.79 Å². The third-order valence-corrected chi connectivity index (χ3v) is 6.66. The van der Waals surface area contributed by atoms with E-state index in [4.69, 9.17) is 4.74 Å². The fraction of sp³-hybridized carbons (Fsp3) is 0.278. The minimum absolute atomic E-state index is 0.0984. The Bertz CT molecular complexity index is 960. The van der Waals surface area contributed by atoms with Gasteiger partial charge in [-0.05, 0) is 57.7 Å². The van der Waals surface area contributed by atoms with Crippen molar-refractivity contribution in [1.82, 2.24) is 4.72 Å². The summed E-state index contributed by atoms with van der Waals surface area (Å²) in [6.07, 6.45) is 0.713. The van der Waals surface area contributed by atoms with Crippen molar-refractivity contribution in [3.05, 3.63) is 52.0 Å². The van der Waals surface area contributed by atoms with Crippen LogP contribution in [0.1, 0.15) is 18.1 Å². The Labute approximate surface area is 161 Å². The van der Waals surface area contributed by atoms with Crippen molar-refractivity contribution in [3.8, 4) is 5.75 Å². The van der Waals surface area contributed by atoms with E-state index in [2.05, 4.69) is 20.7 Å². The summed E-state index contributed by atoms with van der Waals surface area (Å²) in [5, 5.41) is 0. The molecule has 0 aromatic heterocycles. The van der Waals surface area contributed by atoms with Crippen molar-refractivity contribution in [2.45, 2.75) is 24.8 Å². The molecule has 1 aliphatic rings. The van der Waals surface area contributed by atoms with E-state index in [1.54, 1.807) is 42.3 Å². The maximum atomic E-state index is 12.8. The molecule has 0 spiro atoms. The predicted octanol–water partition coefficient (Wildman–Crippen LogP) is 2.85. The standard InChI is InChI=1S/C18H19BrN2O4S/c1-12(22)21-7-6-14-9-16(19)18(10-17(14)21)26(23,24)20-11-13-4-3-5-15(8-13)25-2/h3-5,8-10,20H,6-7,11H2,1-2H3. The molecule has 138 valence electrons. The molecule has 0 saturated carbocycles. The normalized spacial score (nSPS) is 13.6. The Kier molecular flexibility index (Phi) is 5.36. The quantitative estimate of drug-likeness (QED) is 0.778. The van der Waals surface area contributed by atoms with Gasteiger partial charge in [-0.25, -0.2) is 13.1 Å². The van der Waals surface area contributed by atoms with Gasteiger partial charge in [0.25, 0.3) is 0 Å². The number of amides is 1. The van der Waals surface area contributed by atoms with Crippen LogP contribution in [0.5, 0.6) is 5.75 Å². The summed E-state index contributed by atoms with van der Waals surface area (Å²) in [5.74, 6) is 0.566. The average Bonchev–Trinajstić information content (AvgIpc) is 3.02. The molecule has 1 amide bonds. The predicted molar refractivity (Wildman–Crippen MR) is 103 cm³/mol. The molecule has 1 aliphatic heterocycles. The SMILES string of the molecule is COc1cccc(CNS(=O)(=O)c2cc3c(cc2Br)CCN3C(C)=O)c1. The first-order valence-electron chi connectivity index (χ1n) is 8.05. The van der Waals surface area contributed by atoms with Gasteiger partial charge in [0.15, 0.2) is 0 Å². The number of hydrogen-bond donors (Lipinski definition) is 1. The van der Waals surface area contributed by atoms with Crippen LogP contribution in [0.25, 0.3) is 0 Å². The number of carbonyl (C=O) groups excluding carboxylic acids is 1. The topological polar surface area (TPSA) is 75.7 Å². The van der Waals surface area contributed by atoms with E-state index in [1.165, 1.54) is 6.92 Å². The molecular weight excluding hydrogens is 420 g/mol. The number of halogens is 1. The van der Waals surface area contributed by atoms with Crippen molar-refractivity contribution >= 4 is 37.5 Å². The molecule has 0 bridgehead atoms. The fourth-order valence-electron chi connectivity index (χ4n) is 2.96. The molecule has 26 heavy (non-hydrogen) atoms. The second kappa shape index (κ2) is 7.38. The number of rotatable bonds is 5. The summed E-state index contributed by atoms with van der Waals surface area (Å²) in [6.45, 7) is 2.18. The lowest BCUT2D eigenvalue weighted by molar-refractivity contribution is -0.116. The van der Waals surface area contributed by atoms with Gasteiger partial charge in [-0.15, -0.1) is 0 Å². The molecule has 0 unspecified atom stereocenters. The Morgan fingerprint density at radius 1 is 1.31 bits per heavy atom. The van der Waals surface area contributed by atoms with Crippen molar-refractivity contribution in [2.75, 3.05) is 18.6 Å². The number of anilines is 1. The number of nitrogens with zero attached hydrogens (tertiary/aromatic N) is 1. The van der Waals surface area contributed by atoms with Gasteiger partial charge in [-0.2, -0.15) is 0 Å². The van der Waals surface area contributed by atoms with Gasteiger partial charge < -0.3 is 9.64 Å². The molecule has 2 aromatic rings. The number of sulfonamides is 1. The first-order valence-corrected chi connectivity index (χ1v) is 10.3. The number of hydrogen-bond acceptors (Lipinski definition) is 4. The highest BCUT2D eigenvalue weighted by molar-refractivity contribution is 9.10. The molecule has 2 aromatic carbocycles. The zero-order valence-electron chi connectivity index (χ0n) is 14.5. The fourth-order valence-corrected chi connectivity index (χ4v) is 5.08. The van der Waals surface area contributed by atoms with Crippen LogP contribution in [0.2, 0.25) is 0 Å². The van der Waals surface area contributed by atoms with Crippen LogP contribution in [0.15, 0.2) is 45.8 Å².